The molecule has 1 N–H and O–H groups in total. The van der Waals surface area contributed by atoms with Gasteiger partial charge in [-0.05, 0) is 29.8 Å². The van der Waals surface area contributed by atoms with Crippen molar-refractivity contribution in [1.82, 2.24) is 4.98 Å². The lowest BCUT2D eigenvalue weighted by atomic mass is 10.1. The topological polar surface area (TPSA) is 85.4 Å². The van der Waals surface area contributed by atoms with Crippen LogP contribution in [0.5, 0.6) is 5.75 Å². The first-order valence-corrected chi connectivity index (χ1v) is 11.3. The standard InChI is InChI=1S/C20H18N2O4S2/c1-2-28(24,25)14-9-7-13(8-10-14)11-18(23)21-20-22-19-15-5-3-4-6-16(15)26-12-17(19)27-20/h3-10H,2,11-12H2,1H3,(H,21,22,23). The third kappa shape index (κ3) is 3.65. The molecule has 2 aromatic carbocycles. The second-order valence-electron chi connectivity index (χ2n) is 6.35. The van der Waals surface area contributed by atoms with Crippen LogP contribution in [0.4, 0.5) is 5.13 Å². The summed E-state index contributed by atoms with van der Waals surface area (Å²) in [5, 5.41) is 3.36. The Morgan fingerprint density at radius 1 is 1.18 bits per heavy atom. The first-order chi connectivity index (χ1) is 13.5. The number of anilines is 1. The Morgan fingerprint density at radius 3 is 2.68 bits per heavy atom. The van der Waals surface area contributed by atoms with Gasteiger partial charge in [-0.2, -0.15) is 0 Å². The molecular formula is C20H18N2O4S2. The van der Waals surface area contributed by atoms with Crippen molar-refractivity contribution < 1.29 is 17.9 Å². The summed E-state index contributed by atoms with van der Waals surface area (Å²) in [5.41, 5.74) is 2.51. The zero-order chi connectivity index (χ0) is 19.7. The lowest BCUT2D eigenvalue weighted by Crippen LogP contribution is -2.14. The lowest BCUT2D eigenvalue weighted by Gasteiger charge is -2.15. The zero-order valence-electron chi connectivity index (χ0n) is 15.1. The molecule has 8 heteroatoms. The summed E-state index contributed by atoms with van der Waals surface area (Å²) in [4.78, 5) is 18.2. The second kappa shape index (κ2) is 7.37. The Hall–Kier alpha value is -2.71. The predicted octanol–water partition coefficient (Wildman–Crippen LogP) is 3.68. The number of nitrogens with one attached hydrogen (secondary N) is 1. The molecule has 1 aliphatic heterocycles. The Kier molecular flexibility index (Phi) is 4.91. The van der Waals surface area contributed by atoms with E-state index in [1.54, 1.807) is 19.1 Å². The van der Waals surface area contributed by atoms with Crippen molar-refractivity contribution in [1.29, 1.82) is 0 Å². The molecule has 0 aliphatic carbocycles. The number of amides is 1. The van der Waals surface area contributed by atoms with Crippen molar-refractivity contribution in [3.8, 4) is 17.0 Å². The summed E-state index contributed by atoms with van der Waals surface area (Å²) in [6.45, 7) is 2.04. The fraction of sp³-hybridized carbons (Fsp3) is 0.200. The first kappa shape index (κ1) is 18.6. The van der Waals surface area contributed by atoms with E-state index in [1.807, 2.05) is 24.3 Å². The van der Waals surface area contributed by atoms with Gasteiger partial charge in [0.25, 0.3) is 0 Å². The van der Waals surface area contributed by atoms with Crippen LogP contribution in [0.3, 0.4) is 0 Å². The molecule has 0 saturated heterocycles. The van der Waals surface area contributed by atoms with Gasteiger partial charge in [-0.25, -0.2) is 13.4 Å². The number of nitrogens with zero attached hydrogens (tertiary/aromatic N) is 1. The molecule has 2 heterocycles. The second-order valence-corrected chi connectivity index (χ2v) is 9.71. The van der Waals surface area contributed by atoms with Crippen LogP contribution in [-0.4, -0.2) is 25.1 Å². The van der Waals surface area contributed by atoms with Gasteiger partial charge in [0.05, 0.1) is 27.6 Å². The highest BCUT2D eigenvalue weighted by molar-refractivity contribution is 7.91. The predicted molar refractivity (Wildman–Crippen MR) is 108 cm³/mol. The van der Waals surface area contributed by atoms with Crippen LogP contribution < -0.4 is 10.1 Å². The lowest BCUT2D eigenvalue weighted by molar-refractivity contribution is -0.115. The molecular weight excluding hydrogens is 396 g/mol. The van der Waals surface area contributed by atoms with Crippen LogP contribution in [0.25, 0.3) is 11.3 Å². The normalized spacial score (nSPS) is 12.6. The number of rotatable bonds is 5. The van der Waals surface area contributed by atoms with Crippen LogP contribution in [0, 0.1) is 0 Å². The van der Waals surface area contributed by atoms with E-state index >= 15 is 0 Å². The van der Waals surface area contributed by atoms with E-state index in [0.717, 1.165) is 27.4 Å². The van der Waals surface area contributed by atoms with Gasteiger partial charge in [0.2, 0.25) is 5.91 Å². The molecule has 3 aromatic rings. The van der Waals surface area contributed by atoms with Crippen molar-refractivity contribution in [2.45, 2.75) is 24.8 Å². The number of carbonyl (C=O) groups is 1. The summed E-state index contributed by atoms with van der Waals surface area (Å²) >= 11 is 1.40. The zero-order valence-corrected chi connectivity index (χ0v) is 16.8. The molecule has 1 aliphatic rings. The van der Waals surface area contributed by atoms with E-state index in [0.29, 0.717) is 11.7 Å². The number of carbonyl (C=O) groups excluding carboxylic acids is 1. The quantitative estimate of drug-likeness (QED) is 0.688. The van der Waals surface area contributed by atoms with E-state index in [4.69, 9.17) is 4.74 Å². The molecule has 1 amide bonds. The van der Waals surface area contributed by atoms with Crippen molar-refractivity contribution in [2.24, 2.45) is 0 Å². The van der Waals surface area contributed by atoms with E-state index in [2.05, 4.69) is 10.3 Å². The maximum Gasteiger partial charge on any atom is 0.230 e. The molecule has 0 radical (unpaired) electrons. The van der Waals surface area contributed by atoms with Crippen LogP contribution in [0.2, 0.25) is 0 Å². The number of sulfone groups is 1. The van der Waals surface area contributed by atoms with Gasteiger partial charge < -0.3 is 10.1 Å². The molecule has 6 nitrogen and oxygen atoms in total. The largest absolute Gasteiger partial charge is 0.487 e. The number of thiazole rings is 1. The Bertz CT molecular complexity index is 1140. The smallest absolute Gasteiger partial charge is 0.230 e. The number of hydrogen-bond acceptors (Lipinski definition) is 6. The summed E-state index contributed by atoms with van der Waals surface area (Å²) in [6, 6.07) is 14.1. The molecule has 0 unspecified atom stereocenters. The van der Waals surface area contributed by atoms with E-state index in [1.165, 1.54) is 23.5 Å². The maximum absolute atomic E-state index is 12.4. The number of ether oxygens (including phenoxy) is 1. The Labute approximate surface area is 167 Å². The number of hydrogen-bond donors (Lipinski definition) is 1. The third-order valence-corrected chi connectivity index (χ3v) is 7.17. The maximum atomic E-state index is 12.4. The molecule has 0 bridgehead atoms. The van der Waals surface area contributed by atoms with E-state index in [9.17, 15) is 13.2 Å². The minimum Gasteiger partial charge on any atom is -0.487 e. The van der Waals surface area contributed by atoms with Gasteiger partial charge >= 0.3 is 0 Å². The molecule has 0 spiro atoms. The van der Waals surface area contributed by atoms with E-state index in [-0.39, 0.29) is 23.0 Å². The van der Waals surface area contributed by atoms with Crippen LogP contribution in [-0.2, 0) is 27.7 Å². The van der Waals surface area contributed by atoms with Gasteiger partial charge in [0, 0.05) is 5.56 Å². The Balaban J connectivity index is 1.46. The first-order valence-electron chi connectivity index (χ1n) is 8.80. The van der Waals surface area contributed by atoms with Crippen LogP contribution in [0.15, 0.2) is 53.4 Å². The highest BCUT2D eigenvalue weighted by atomic mass is 32.2. The van der Waals surface area contributed by atoms with Crippen LogP contribution in [0.1, 0.15) is 17.4 Å². The molecule has 0 atom stereocenters. The molecule has 0 fully saturated rings. The number of benzene rings is 2. The number of aromatic nitrogens is 1. The van der Waals surface area contributed by atoms with Crippen molar-refractivity contribution in [2.75, 3.05) is 11.1 Å². The summed E-state index contributed by atoms with van der Waals surface area (Å²) in [6.07, 6.45) is 0.143. The van der Waals surface area contributed by atoms with E-state index < -0.39 is 9.84 Å². The van der Waals surface area contributed by atoms with Gasteiger partial charge in [-0.3, -0.25) is 4.79 Å². The number of para-hydroxylation sites is 1. The highest BCUT2D eigenvalue weighted by Crippen LogP contribution is 2.40. The summed E-state index contributed by atoms with van der Waals surface area (Å²) in [7, 11) is -3.24. The van der Waals surface area contributed by atoms with Gasteiger partial charge in [0.15, 0.2) is 15.0 Å². The van der Waals surface area contributed by atoms with Gasteiger partial charge in [-0.1, -0.05) is 42.5 Å². The SMILES string of the molecule is CCS(=O)(=O)c1ccc(CC(=O)Nc2nc3c(s2)COc2ccccc2-3)cc1. The molecule has 144 valence electrons. The van der Waals surface area contributed by atoms with Crippen molar-refractivity contribution >= 4 is 32.2 Å². The van der Waals surface area contributed by atoms with Crippen molar-refractivity contribution in [3.05, 3.63) is 59.0 Å². The van der Waals surface area contributed by atoms with Gasteiger partial charge in [-0.15, -0.1) is 0 Å². The van der Waals surface area contributed by atoms with Gasteiger partial charge in [0.1, 0.15) is 12.4 Å². The summed E-state index contributed by atoms with van der Waals surface area (Å²) in [5.74, 6) is 0.640. The number of fused-ring (bicyclic) bond motifs is 3. The third-order valence-electron chi connectivity index (χ3n) is 4.47. The van der Waals surface area contributed by atoms with Crippen molar-refractivity contribution in [3.63, 3.8) is 0 Å². The monoisotopic (exact) mass is 414 g/mol. The van der Waals surface area contributed by atoms with Crippen LogP contribution >= 0.6 is 11.3 Å². The minimum absolute atomic E-state index is 0.0500. The fourth-order valence-electron chi connectivity index (χ4n) is 2.98. The molecule has 1 aromatic heterocycles. The molecule has 4 rings (SSSR count). The molecule has 28 heavy (non-hydrogen) atoms. The minimum atomic E-state index is -3.24. The molecule has 0 saturated carbocycles. The fourth-order valence-corrected chi connectivity index (χ4v) is 4.76. The summed E-state index contributed by atoms with van der Waals surface area (Å²) < 4.78 is 29.4. The average molecular weight is 415 g/mol. The highest BCUT2D eigenvalue weighted by Gasteiger charge is 2.22. The average Bonchev–Trinajstić information content (AvgIpc) is 3.11. The Morgan fingerprint density at radius 2 is 1.93 bits per heavy atom.